The molecule has 1 aromatic carbocycles. The molecule has 1 N–H and O–H groups in total. The Bertz CT molecular complexity index is 537. The molecule has 0 saturated carbocycles. The highest BCUT2D eigenvalue weighted by atomic mass is 16.5. The predicted octanol–water partition coefficient (Wildman–Crippen LogP) is 2.41. The van der Waals surface area contributed by atoms with E-state index >= 15 is 0 Å². The van der Waals surface area contributed by atoms with E-state index in [9.17, 15) is 9.59 Å². The lowest BCUT2D eigenvalue weighted by Crippen LogP contribution is -2.44. The second-order valence-corrected chi connectivity index (χ2v) is 5.06. The predicted molar refractivity (Wildman–Crippen MR) is 85.4 cm³/mol. The SMILES string of the molecule is CCOc1ccccc1/C=C/C(=O)NC(C(=O)OC)C(C)C. The van der Waals surface area contributed by atoms with Gasteiger partial charge >= 0.3 is 5.97 Å². The second kappa shape index (κ2) is 8.87. The molecule has 1 aromatic rings. The Morgan fingerprint density at radius 3 is 2.55 bits per heavy atom. The van der Waals surface area contributed by atoms with Crippen LogP contribution >= 0.6 is 0 Å². The third-order valence-electron chi connectivity index (χ3n) is 3.05. The van der Waals surface area contributed by atoms with Gasteiger partial charge < -0.3 is 14.8 Å². The molecular formula is C17H23NO4. The van der Waals surface area contributed by atoms with E-state index in [1.165, 1.54) is 13.2 Å². The van der Waals surface area contributed by atoms with Gasteiger partial charge in [-0.1, -0.05) is 32.0 Å². The van der Waals surface area contributed by atoms with Crippen molar-refractivity contribution in [1.82, 2.24) is 5.32 Å². The van der Waals surface area contributed by atoms with Gasteiger partial charge in [0.15, 0.2) is 0 Å². The van der Waals surface area contributed by atoms with Crippen molar-refractivity contribution in [3.63, 3.8) is 0 Å². The van der Waals surface area contributed by atoms with Crippen molar-refractivity contribution in [3.05, 3.63) is 35.9 Å². The van der Waals surface area contributed by atoms with Crippen LogP contribution in [-0.4, -0.2) is 31.6 Å². The molecule has 1 atom stereocenters. The Labute approximate surface area is 131 Å². The van der Waals surface area contributed by atoms with E-state index in [2.05, 4.69) is 5.32 Å². The molecular weight excluding hydrogens is 282 g/mol. The number of nitrogens with one attached hydrogen (secondary N) is 1. The monoisotopic (exact) mass is 305 g/mol. The summed E-state index contributed by atoms with van der Waals surface area (Å²) in [6, 6.07) is 6.77. The summed E-state index contributed by atoms with van der Waals surface area (Å²) in [4.78, 5) is 23.6. The summed E-state index contributed by atoms with van der Waals surface area (Å²) in [6.45, 7) is 6.14. The third kappa shape index (κ3) is 5.24. The number of benzene rings is 1. The maximum Gasteiger partial charge on any atom is 0.328 e. The lowest BCUT2D eigenvalue weighted by atomic mass is 10.0. The Morgan fingerprint density at radius 2 is 1.95 bits per heavy atom. The molecule has 0 heterocycles. The summed E-state index contributed by atoms with van der Waals surface area (Å²) in [5.74, 6) is -0.148. The molecule has 5 heteroatoms. The third-order valence-corrected chi connectivity index (χ3v) is 3.05. The summed E-state index contributed by atoms with van der Waals surface area (Å²) >= 11 is 0. The molecule has 1 amide bonds. The van der Waals surface area contributed by atoms with Gasteiger partial charge in [0.1, 0.15) is 11.8 Å². The van der Waals surface area contributed by atoms with E-state index in [1.54, 1.807) is 6.08 Å². The average molecular weight is 305 g/mol. The first-order chi connectivity index (χ1) is 10.5. The average Bonchev–Trinajstić information content (AvgIpc) is 2.51. The van der Waals surface area contributed by atoms with Gasteiger partial charge in [0.25, 0.3) is 0 Å². The van der Waals surface area contributed by atoms with Gasteiger partial charge in [0, 0.05) is 11.6 Å². The zero-order chi connectivity index (χ0) is 16.5. The van der Waals surface area contributed by atoms with E-state index in [1.807, 2.05) is 45.0 Å². The number of methoxy groups -OCH3 is 1. The van der Waals surface area contributed by atoms with Gasteiger partial charge in [-0.05, 0) is 25.0 Å². The van der Waals surface area contributed by atoms with Crippen molar-refractivity contribution in [2.45, 2.75) is 26.8 Å². The minimum absolute atomic E-state index is 0.0551. The molecule has 0 saturated heterocycles. The molecule has 1 unspecified atom stereocenters. The number of hydrogen-bond donors (Lipinski definition) is 1. The zero-order valence-electron chi connectivity index (χ0n) is 13.5. The molecule has 0 aliphatic carbocycles. The van der Waals surface area contributed by atoms with Crippen molar-refractivity contribution in [2.75, 3.05) is 13.7 Å². The lowest BCUT2D eigenvalue weighted by molar-refractivity contribution is -0.145. The Balaban J connectivity index is 2.77. The maximum atomic E-state index is 12.0. The van der Waals surface area contributed by atoms with E-state index < -0.39 is 12.0 Å². The molecule has 120 valence electrons. The fraction of sp³-hybridized carbons (Fsp3) is 0.412. The highest BCUT2D eigenvalue weighted by molar-refractivity contribution is 5.94. The van der Waals surface area contributed by atoms with Crippen LogP contribution in [-0.2, 0) is 14.3 Å². The largest absolute Gasteiger partial charge is 0.493 e. The summed E-state index contributed by atoms with van der Waals surface area (Å²) in [5.41, 5.74) is 0.804. The Kier molecular flexibility index (Phi) is 7.16. The lowest BCUT2D eigenvalue weighted by Gasteiger charge is -2.18. The molecule has 1 rings (SSSR count). The van der Waals surface area contributed by atoms with Crippen molar-refractivity contribution < 1.29 is 19.1 Å². The fourth-order valence-corrected chi connectivity index (χ4v) is 1.90. The highest BCUT2D eigenvalue weighted by Crippen LogP contribution is 2.19. The smallest absolute Gasteiger partial charge is 0.328 e. The van der Waals surface area contributed by atoms with Crippen LogP contribution in [0.1, 0.15) is 26.3 Å². The van der Waals surface area contributed by atoms with Gasteiger partial charge in [-0.15, -0.1) is 0 Å². The molecule has 0 radical (unpaired) electrons. The number of carbonyl (C=O) groups excluding carboxylic acids is 2. The standard InChI is InChI=1S/C17H23NO4/c1-5-22-14-9-7-6-8-13(14)10-11-15(19)18-16(12(2)3)17(20)21-4/h6-12,16H,5H2,1-4H3,(H,18,19)/b11-10+. The maximum absolute atomic E-state index is 12.0. The van der Waals surface area contributed by atoms with Crippen molar-refractivity contribution in [2.24, 2.45) is 5.92 Å². The van der Waals surface area contributed by atoms with Gasteiger partial charge in [-0.25, -0.2) is 4.79 Å². The minimum Gasteiger partial charge on any atom is -0.493 e. The molecule has 0 aliphatic rings. The minimum atomic E-state index is -0.663. The summed E-state index contributed by atoms with van der Waals surface area (Å²) < 4.78 is 10.2. The first-order valence-corrected chi connectivity index (χ1v) is 7.27. The van der Waals surface area contributed by atoms with Gasteiger partial charge in [-0.2, -0.15) is 0 Å². The molecule has 22 heavy (non-hydrogen) atoms. The Hall–Kier alpha value is -2.30. The van der Waals surface area contributed by atoms with Crippen LogP contribution in [0.3, 0.4) is 0 Å². The van der Waals surface area contributed by atoms with Gasteiger partial charge in [-0.3, -0.25) is 4.79 Å². The van der Waals surface area contributed by atoms with E-state index in [4.69, 9.17) is 9.47 Å². The fourth-order valence-electron chi connectivity index (χ4n) is 1.90. The van der Waals surface area contributed by atoms with Crippen LogP contribution in [0.4, 0.5) is 0 Å². The summed E-state index contributed by atoms with van der Waals surface area (Å²) in [6.07, 6.45) is 3.05. The van der Waals surface area contributed by atoms with E-state index in [0.29, 0.717) is 12.4 Å². The molecule has 0 aromatic heterocycles. The van der Waals surface area contributed by atoms with Crippen molar-refractivity contribution >= 4 is 18.0 Å². The first-order valence-electron chi connectivity index (χ1n) is 7.27. The number of esters is 1. The molecule has 0 fully saturated rings. The number of carbonyl (C=O) groups is 2. The second-order valence-electron chi connectivity index (χ2n) is 5.06. The highest BCUT2D eigenvalue weighted by Gasteiger charge is 2.23. The molecule has 0 spiro atoms. The zero-order valence-corrected chi connectivity index (χ0v) is 13.5. The molecule has 5 nitrogen and oxygen atoms in total. The van der Waals surface area contributed by atoms with E-state index in [0.717, 1.165) is 5.56 Å². The molecule has 0 bridgehead atoms. The van der Waals surface area contributed by atoms with Crippen LogP contribution in [0, 0.1) is 5.92 Å². The number of para-hydroxylation sites is 1. The van der Waals surface area contributed by atoms with E-state index in [-0.39, 0.29) is 11.8 Å². The van der Waals surface area contributed by atoms with Gasteiger partial charge in [0.2, 0.25) is 5.91 Å². The van der Waals surface area contributed by atoms with Crippen LogP contribution in [0.25, 0.3) is 6.08 Å². The van der Waals surface area contributed by atoms with Gasteiger partial charge in [0.05, 0.1) is 13.7 Å². The number of ether oxygens (including phenoxy) is 2. The number of amides is 1. The van der Waals surface area contributed by atoms with Crippen LogP contribution < -0.4 is 10.1 Å². The van der Waals surface area contributed by atoms with Crippen LogP contribution in [0.5, 0.6) is 5.75 Å². The quantitative estimate of drug-likeness (QED) is 0.620. The molecule has 0 aliphatic heterocycles. The normalized spacial score (nSPS) is 12.2. The topological polar surface area (TPSA) is 64.6 Å². The van der Waals surface area contributed by atoms with Crippen molar-refractivity contribution in [3.8, 4) is 5.75 Å². The van der Waals surface area contributed by atoms with Crippen LogP contribution in [0.15, 0.2) is 30.3 Å². The number of rotatable bonds is 7. The summed E-state index contributed by atoms with van der Waals surface area (Å²) in [5, 5.41) is 2.65. The summed E-state index contributed by atoms with van der Waals surface area (Å²) in [7, 11) is 1.30. The Morgan fingerprint density at radius 1 is 1.27 bits per heavy atom. The van der Waals surface area contributed by atoms with Crippen molar-refractivity contribution in [1.29, 1.82) is 0 Å². The first kappa shape index (κ1) is 17.8. The number of hydrogen-bond acceptors (Lipinski definition) is 4. The van der Waals surface area contributed by atoms with Crippen LogP contribution in [0.2, 0.25) is 0 Å².